The summed E-state index contributed by atoms with van der Waals surface area (Å²) >= 11 is 3.38. The normalized spacial score (nSPS) is 10.6. The zero-order valence-corrected chi connectivity index (χ0v) is 13.1. The predicted molar refractivity (Wildman–Crippen MR) is 83.1 cm³/mol. The molecule has 0 unspecified atom stereocenters. The third-order valence-electron chi connectivity index (χ3n) is 2.69. The number of ether oxygens (including phenoxy) is 1. The average molecular weight is 349 g/mol. The topological polar surface area (TPSA) is 54.6 Å². The molecule has 0 aliphatic carbocycles. The highest BCUT2D eigenvalue weighted by molar-refractivity contribution is 9.10. The van der Waals surface area contributed by atoms with Gasteiger partial charge >= 0.3 is 5.91 Å². The Bertz CT molecular complexity index is 645. The highest BCUT2D eigenvalue weighted by atomic mass is 79.9. The molecule has 0 atom stereocenters. The summed E-state index contributed by atoms with van der Waals surface area (Å²) in [5, 5.41) is 3.95. The third-order valence-corrected chi connectivity index (χ3v) is 3.18. The van der Waals surface area contributed by atoms with Gasteiger partial charge < -0.3 is 4.74 Å². The third kappa shape index (κ3) is 4.68. The van der Waals surface area contributed by atoms with Gasteiger partial charge in [0, 0.05) is 22.2 Å². The van der Waals surface area contributed by atoms with Gasteiger partial charge in [-0.25, -0.2) is 5.43 Å². The van der Waals surface area contributed by atoms with Crippen LogP contribution in [-0.2, 0) is 11.3 Å². The number of amides is 1. The van der Waals surface area contributed by atoms with Crippen molar-refractivity contribution in [1.82, 2.24) is 5.43 Å². The average Bonchev–Trinajstić information content (AvgIpc) is 2.48. The predicted octanol–water partition coefficient (Wildman–Crippen LogP) is 1.90. The number of rotatable bonds is 5. The largest absolute Gasteiger partial charge is 0.496 e. The quantitative estimate of drug-likeness (QED) is 0.509. The molecule has 2 rings (SSSR count). The number of carbonyl (C=O) groups is 1. The Morgan fingerprint density at radius 2 is 2.14 bits per heavy atom. The van der Waals surface area contributed by atoms with Crippen molar-refractivity contribution in [3.05, 3.63) is 58.8 Å². The van der Waals surface area contributed by atoms with Crippen LogP contribution in [0.2, 0.25) is 0 Å². The summed E-state index contributed by atoms with van der Waals surface area (Å²) in [5.74, 6) is 0.491. The first-order valence-corrected chi connectivity index (χ1v) is 7.08. The lowest BCUT2D eigenvalue weighted by Crippen LogP contribution is -2.40. The molecule has 1 N–H and O–H groups in total. The van der Waals surface area contributed by atoms with Crippen LogP contribution in [0, 0.1) is 0 Å². The van der Waals surface area contributed by atoms with Gasteiger partial charge in [-0.1, -0.05) is 22.0 Å². The maximum Gasteiger partial charge on any atom is 0.305 e. The maximum atomic E-state index is 11.7. The fraction of sp³-hybridized carbons (Fsp3) is 0.133. The minimum absolute atomic E-state index is 0.198. The van der Waals surface area contributed by atoms with E-state index in [4.69, 9.17) is 4.74 Å². The summed E-state index contributed by atoms with van der Waals surface area (Å²) in [6, 6.07) is 11.2. The van der Waals surface area contributed by atoms with Crippen molar-refractivity contribution in [2.24, 2.45) is 5.10 Å². The highest BCUT2D eigenvalue weighted by Gasteiger charge is 2.07. The molecule has 5 nitrogen and oxygen atoms in total. The second-order valence-corrected chi connectivity index (χ2v) is 5.14. The van der Waals surface area contributed by atoms with E-state index < -0.39 is 0 Å². The van der Waals surface area contributed by atoms with Gasteiger partial charge in [0.2, 0.25) is 6.54 Å². The Morgan fingerprint density at radius 1 is 1.38 bits per heavy atom. The van der Waals surface area contributed by atoms with Gasteiger partial charge in [-0.3, -0.25) is 4.79 Å². The molecule has 0 fully saturated rings. The van der Waals surface area contributed by atoms with Crippen LogP contribution in [0.15, 0.2) is 58.4 Å². The number of pyridine rings is 1. The van der Waals surface area contributed by atoms with Crippen LogP contribution < -0.4 is 14.7 Å². The molecule has 2 aromatic rings. The molecule has 108 valence electrons. The fourth-order valence-electron chi connectivity index (χ4n) is 1.72. The summed E-state index contributed by atoms with van der Waals surface area (Å²) in [5.41, 5.74) is 3.27. The minimum atomic E-state index is -0.198. The molecule has 6 heteroatoms. The number of carbonyl (C=O) groups excluding carboxylic acids is 1. The van der Waals surface area contributed by atoms with Gasteiger partial charge in [-0.15, -0.1) is 0 Å². The van der Waals surface area contributed by atoms with E-state index in [1.165, 1.54) is 0 Å². The first-order chi connectivity index (χ1) is 10.2. The molecular weight excluding hydrogens is 334 g/mol. The summed E-state index contributed by atoms with van der Waals surface area (Å²) < 4.78 is 7.91. The van der Waals surface area contributed by atoms with Crippen LogP contribution >= 0.6 is 15.9 Å². The zero-order valence-electron chi connectivity index (χ0n) is 11.5. The molecule has 0 bridgehead atoms. The molecule has 0 aliphatic rings. The van der Waals surface area contributed by atoms with Gasteiger partial charge in [-0.05, 0) is 18.2 Å². The first-order valence-electron chi connectivity index (χ1n) is 6.28. The molecule has 0 saturated heterocycles. The molecular formula is C15H15BrN3O2+. The van der Waals surface area contributed by atoms with Crippen molar-refractivity contribution in [3.63, 3.8) is 0 Å². The molecule has 21 heavy (non-hydrogen) atoms. The van der Waals surface area contributed by atoms with Crippen molar-refractivity contribution in [1.29, 1.82) is 0 Å². The lowest BCUT2D eigenvalue weighted by molar-refractivity contribution is -0.684. The van der Waals surface area contributed by atoms with E-state index in [9.17, 15) is 4.79 Å². The van der Waals surface area contributed by atoms with E-state index in [1.54, 1.807) is 17.9 Å². The Labute approximate surface area is 131 Å². The summed E-state index contributed by atoms with van der Waals surface area (Å²) in [6.07, 6.45) is 5.19. The number of aromatic nitrogens is 1. The summed E-state index contributed by atoms with van der Waals surface area (Å²) in [4.78, 5) is 11.7. The van der Waals surface area contributed by atoms with Crippen LogP contribution in [0.25, 0.3) is 0 Å². The van der Waals surface area contributed by atoms with E-state index in [0.717, 1.165) is 10.0 Å². The number of nitrogens with zero attached hydrogens (tertiary/aromatic N) is 2. The van der Waals surface area contributed by atoms with E-state index in [1.807, 2.05) is 48.8 Å². The maximum absolute atomic E-state index is 11.7. The highest BCUT2D eigenvalue weighted by Crippen LogP contribution is 2.21. The number of nitrogens with one attached hydrogen (secondary N) is 1. The Hall–Kier alpha value is -2.21. The van der Waals surface area contributed by atoms with Crippen LogP contribution in [0.5, 0.6) is 5.75 Å². The van der Waals surface area contributed by atoms with Crippen molar-refractivity contribution < 1.29 is 14.1 Å². The number of hydrazone groups is 1. The summed E-state index contributed by atoms with van der Waals surface area (Å²) in [6.45, 7) is 0.216. The number of hydrogen-bond donors (Lipinski definition) is 1. The van der Waals surface area contributed by atoms with Crippen molar-refractivity contribution in [2.75, 3.05) is 7.11 Å². The van der Waals surface area contributed by atoms with Crippen LogP contribution in [0.4, 0.5) is 0 Å². The number of hydrogen-bond acceptors (Lipinski definition) is 3. The SMILES string of the molecule is COc1ccc(Br)cc1C=NNC(=O)C[n+]1ccccc1. The molecule has 1 aromatic carbocycles. The second kappa shape index (κ2) is 7.54. The van der Waals surface area contributed by atoms with Crippen LogP contribution in [0.3, 0.4) is 0 Å². The van der Waals surface area contributed by atoms with Gasteiger partial charge in [0.25, 0.3) is 0 Å². The smallest absolute Gasteiger partial charge is 0.305 e. The molecule has 1 amide bonds. The van der Waals surface area contributed by atoms with Gasteiger partial charge in [0.05, 0.1) is 13.3 Å². The lowest BCUT2D eigenvalue weighted by atomic mass is 10.2. The Balaban J connectivity index is 1.96. The van der Waals surface area contributed by atoms with Gasteiger partial charge in [0.15, 0.2) is 12.4 Å². The number of halogens is 1. The van der Waals surface area contributed by atoms with E-state index in [-0.39, 0.29) is 12.5 Å². The van der Waals surface area contributed by atoms with Crippen LogP contribution in [-0.4, -0.2) is 19.2 Å². The lowest BCUT2D eigenvalue weighted by Gasteiger charge is -2.04. The second-order valence-electron chi connectivity index (χ2n) is 4.23. The number of methoxy groups -OCH3 is 1. The molecule has 1 heterocycles. The number of benzene rings is 1. The Morgan fingerprint density at radius 3 is 2.86 bits per heavy atom. The van der Waals surface area contributed by atoms with Gasteiger partial charge in [0.1, 0.15) is 5.75 Å². The van der Waals surface area contributed by atoms with Crippen molar-refractivity contribution >= 4 is 28.1 Å². The summed E-state index contributed by atoms with van der Waals surface area (Å²) in [7, 11) is 1.59. The Kier molecular flexibility index (Phi) is 5.45. The monoisotopic (exact) mass is 348 g/mol. The van der Waals surface area contributed by atoms with Crippen molar-refractivity contribution in [3.8, 4) is 5.75 Å². The van der Waals surface area contributed by atoms with Gasteiger partial charge in [-0.2, -0.15) is 9.67 Å². The molecule has 0 spiro atoms. The van der Waals surface area contributed by atoms with E-state index in [2.05, 4.69) is 26.5 Å². The molecule has 0 radical (unpaired) electrons. The van der Waals surface area contributed by atoms with Crippen LogP contribution in [0.1, 0.15) is 5.56 Å². The molecule has 1 aromatic heterocycles. The van der Waals surface area contributed by atoms with Crippen molar-refractivity contribution in [2.45, 2.75) is 6.54 Å². The van der Waals surface area contributed by atoms with E-state index >= 15 is 0 Å². The fourth-order valence-corrected chi connectivity index (χ4v) is 2.10. The first kappa shape index (κ1) is 15.2. The minimum Gasteiger partial charge on any atom is -0.496 e. The van der Waals surface area contributed by atoms with E-state index in [0.29, 0.717) is 5.75 Å². The standard InChI is InChI=1S/C15H14BrN3O2/c1-21-14-6-5-13(16)9-12(14)10-17-18-15(20)11-19-7-3-2-4-8-19/h2-10H,11H2,1H3/p+1. The molecule has 0 saturated carbocycles. The molecule has 0 aliphatic heterocycles. The zero-order chi connectivity index (χ0) is 15.1.